The number of nitriles is 1. The van der Waals surface area contributed by atoms with Gasteiger partial charge in [-0.1, -0.05) is 35.5 Å². The van der Waals surface area contributed by atoms with E-state index in [1.54, 1.807) is 41.3 Å². The Kier molecular flexibility index (Phi) is 5.74. The van der Waals surface area contributed by atoms with Crippen LogP contribution in [0.4, 0.5) is 5.69 Å². The van der Waals surface area contributed by atoms with Crippen LogP contribution in [0.1, 0.15) is 10.4 Å². The van der Waals surface area contributed by atoms with Crippen LogP contribution in [-0.2, 0) is 0 Å². The average Bonchev–Trinajstić information content (AvgIpc) is 3.08. The summed E-state index contributed by atoms with van der Waals surface area (Å²) in [6.07, 6.45) is 1.75. The second-order valence-corrected chi connectivity index (χ2v) is 8.12. The molecule has 0 amide bonds. The minimum atomic E-state index is -0.468. The van der Waals surface area contributed by atoms with Gasteiger partial charge in [0.05, 0.1) is 20.8 Å². The molecular weight excluding hydrogens is 388 g/mol. The largest absolute Gasteiger partial charge is 0.270 e. The molecule has 0 saturated heterocycles. The van der Waals surface area contributed by atoms with Gasteiger partial charge < -0.3 is 0 Å². The smallest absolute Gasteiger partial charge is 0.258 e. The Morgan fingerprint density at radius 1 is 1.19 bits per heavy atom. The maximum atomic E-state index is 10.9. The van der Waals surface area contributed by atoms with Crippen molar-refractivity contribution < 1.29 is 4.92 Å². The fraction of sp³-hybridized carbons (Fsp3) is 0. The van der Waals surface area contributed by atoms with Crippen molar-refractivity contribution in [2.75, 3.05) is 0 Å². The maximum absolute atomic E-state index is 10.9. The van der Waals surface area contributed by atoms with Gasteiger partial charge in [0.1, 0.15) is 0 Å². The van der Waals surface area contributed by atoms with Crippen molar-refractivity contribution in [1.82, 2.24) is 0 Å². The number of rotatable bonds is 5. The quantitative estimate of drug-likeness (QED) is 0.278. The highest BCUT2D eigenvalue weighted by atomic mass is 35.5. The number of allylic oxidation sites excluding steroid dienone is 1. The van der Waals surface area contributed by atoms with Gasteiger partial charge in [-0.15, -0.1) is 11.3 Å². The second kappa shape index (κ2) is 8.19. The minimum absolute atomic E-state index is 0.0335. The van der Waals surface area contributed by atoms with E-state index in [1.807, 2.05) is 36.4 Å². The molecule has 0 fully saturated rings. The number of nitro groups is 1. The third kappa shape index (κ3) is 4.52. The highest BCUT2D eigenvalue weighted by Crippen LogP contribution is 2.35. The molecule has 4 nitrogen and oxygen atoms in total. The summed E-state index contributed by atoms with van der Waals surface area (Å²) >= 11 is 9.06. The third-order valence-corrected chi connectivity index (χ3v) is 5.83. The summed E-state index contributed by atoms with van der Waals surface area (Å²) in [5, 5.41) is 21.0. The molecule has 0 spiro atoms. The summed E-state index contributed by atoms with van der Waals surface area (Å²) in [4.78, 5) is 12.4. The molecule has 3 aromatic rings. The van der Waals surface area contributed by atoms with E-state index in [0.29, 0.717) is 16.2 Å². The number of nitrogens with zero attached hydrogens (tertiary/aromatic N) is 2. The Balaban J connectivity index is 1.83. The second-order valence-electron chi connectivity index (χ2n) is 5.19. The molecule has 0 N–H and O–H groups in total. The SMILES string of the molecule is N#C/C(=C\c1ccc(Sc2ccc(Cl)cc2)s1)c1cccc([N+](=O)[O-])c1. The minimum Gasteiger partial charge on any atom is -0.258 e. The predicted octanol–water partition coefficient (Wildman–Crippen LogP) is 6.53. The topological polar surface area (TPSA) is 66.9 Å². The molecule has 0 aliphatic heterocycles. The molecule has 0 saturated carbocycles. The molecule has 0 unspecified atom stereocenters. The molecule has 0 aliphatic carbocycles. The van der Waals surface area contributed by atoms with Crippen LogP contribution in [0, 0.1) is 21.4 Å². The summed E-state index contributed by atoms with van der Waals surface area (Å²) in [6.45, 7) is 0. The van der Waals surface area contributed by atoms with Gasteiger partial charge in [0.25, 0.3) is 5.69 Å². The highest BCUT2D eigenvalue weighted by Gasteiger charge is 2.09. The van der Waals surface area contributed by atoms with Crippen molar-refractivity contribution >= 4 is 52.0 Å². The van der Waals surface area contributed by atoms with Crippen LogP contribution in [0.3, 0.4) is 0 Å². The van der Waals surface area contributed by atoms with Crippen molar-refractivity contribution in [2.45, 2.75) is 9.10 Å². The third-order valence-electron chi connectivity index (χ3n) is 3.41. The lowest BCUT2D eigenvalue weighted by atomic mass is 10.1. The zero-order valence-corrected chi connectivity index (χ0v) is 15.6. The first-order chi connectivity index (χ1) is 12.5. The first-order valence-corrected chi connectivity index (χ1v) is 9.46. The zero-order valence-electron chi connectivity index (χ0n) is 13.3. The Morgan fingerprint density at radius 3 is 2.65 bits per heavy atom. The van der Waals surface area contributed by atoms with Crippen LogP contribution in [0.5, 0.6) is 0 Å². The van der Waals surface area contributed by atoms with Crippen LogP contribution >= 0.6 is 34.7 Å². The Morgan fingerprint density at radius 2 is 1.96 bits per heavy atom. The van der Waals surface area contributed by atoms with Crippen LogP contribution in [-0.4, -0.2) is 4.92 Å². The maximum Gasteiger partial charge on any atom is 0.270 e. The Hall–Kier alpha value is -2.59. The van der Waals surface area contributed by atoms with E-state index in [4.69, 9.17) is 11.6 Å². The van der Waals surface area contributed by atoms with Crippen LogP contribution in [0.25, 0.3) is 11.6 Å². The fourth-order valence-corrected chi connectivity index (χ4v) is 4.39. The zero-order chi connectivity index (χ0) is 18.5. The van der Waals surface area contributed by atoms with Crippen LogP contribution in [0.2, 0.25) is 5.02 Å². The van der Waals surface area contributed by atoms with Gasteiger partial charge in [0.2, 0.25) is 0 Å². The van der Waals surface area contributed by atoms with Crippen molar-refractivity contribution in [3.05, 3.63) is 86.2 Å². The van der Waals surface area contributed by atoms with E-state index in [9.17, 15) is 15.4 Å². The van der Waals surface area contributed by atoms with Crippen molar-refractivity contribution in [3.8, 4) is 6.07 Å². The van der Waals surface area contributed by atoms with Gasteiger partial charge in [-0.2, -0.15) is 5.26 Å². The van der Waals surface area contributed by atoms with Gasteiger partial charge in [-0.25, -0.2) is 0 Å². The molecule has 0 atom stereocenters. The number of halogens is 1. The molecule has 0 aliphatic rings. The number of benzene rings is 2. The van der Waals surface area contributed by atoms with Crippen molar-refractivity contribution in [3.63, 3.8) is 0 Å². The monoisotopic (exact) mass is 398 g/mol. The molecule has 7 heteroatoms. The van der Waals surface area contributed by atoms with Gasteiger partial charge >= 0.3 is 0 Å². The molecule has 2 aromatic carbocycles. The molecule has 26 heavy (non-hydrogen) atoms. The number of thiophene rings is 1. The number of hydrogen-bond donors (Lipinski definition) is 0. The van der Waals surface area contributed by atoms with E-state index >= 15 is 0 Å². The summed E-state index contributed by atoms with van der Waals surface area (Å²) in [5.41, 5.74) is 0.884. The average molecular weight is 399 g/mol. The van der Waals surface area contributed by atoms with Gasteiger partial charge in [-0.3, -0.25) is 10.1 Å². The van der Waals surface area contributed by atoms with Gasteiger partial charge in [0.15, 0.2) is 0 Å². The van der Waals surface area contributed by atoms with E-state index in [2.05, 4.69) is 6.07 Å². The van der Waals surface area contributed by atoms with Gasteiger partial charge in [0, 0.05) is 26.9 Å². The van der Waals surface area contributed by atoms with Crippen LogP contribution < -0.4 is 0 Å². The number of non-ortho nitro benzene ring substituents is 1. The molecule has 1 heterocycles. The summed E-state index contributed by atoms with van der Waals surface area (Å²) < 4.78 is 1.08. The summed E-state index contributed by atoms with van der Waals surface area (Å²) in [6, 6.07) is 19.7. The molecular formula is C19H11ClN2O2S2. The van der Waals surface area contributed by atoms with Crippen molar-refractivity contribution in [1.29, 1.82) is 5.26 Å². The summed E-state index contributed by atoms with van der Waals surface area (Å²) in [5.74, 6) is 0. The Labute approximate surface area is 163 Å². The van der Waals surface area contributed by atoms with E-state index in [1.165, 1.54) is 12.1 Å². The molecule has 1 aromatic heterocycles. The predicted molar refractivity (Wildman–Crippen MR) is 106 cm³/mol. The summed E-state index contributed by atoms with van der Waals surface area (Å²) in [7, 11) is 0. The number of nitro benzene ring substituents is 1. The van der Waals surface area contributed by atoms with E-state index < -0.39 is 4.92 Å². The lowest BCUT2D eigenvalue weighted by molar-refractivity contribution is -0.384. The van der Waals surface area contributed by atoms with Gasteiger partial charge in [-0.05, 0) is 48.0 Å². The van der Waals surface area contributed by atoms with E-state index in [0.717, 1.165) is 14.0 Å². The highest BCUT2D eigenvalue weighted by molar-refractivity contribution is 8.01. The van der Waals surface area contributed by atoms with Crippen molar-refractivity contribution in [2.24, 2.45) is 0 Å². The first-order valence-electron chi connectivity index (χ1n) is 7.45. The first kappa shape index (κ1) is 18.2. The Bertz CT molecular complexity index is 1020. The lowest BCUT2D eigenvalue weighted by Crippen LogP contribution is -1.89. The standard InChI is InChI=1S/C19H11ClN2O2S2/c20-15-4-6-17(7-5-15)25-19-9-8-18(26-19)11-14(12-21)13-2-1-3-16(10-13)22(23)24/h1-11H/b14-11+. The van der Waals surface area contributed by atoms with Crippen LogP contribution in [0.15, 0.2) is 69.8 Å². The molecule has 0 radical (unpaired) electrons. The van der Waals surface area contributed by atoms with E-state index in [-0.39, 0.29) is 5.69 Å². The number of hydrogen-bond acceptors (Lipinski definition) is 5. The lowest BCUT2D eigenvalue weighted by Gasteiger charge is -1.99. The normalized spacial score (nSPS) is 11.2. The molecule has 0 bridgehead atoms. The molecule has 3 rings (SSSR count). The molecule has 128 valence electrons. The fourth-order valence-electron chi connectivity index (χ4n) is 2.20.